The summed E-state index contributed by atoms with van der Waals surface area (Å²) in [6, 6.07) is 3.74. The number of anilines is 1. The molecule has 0 aliphatic carbocycles. The Labute approximate surface area is 266 Å². The molecule has 0 bridgehead atoms. The Hall–Kier alpha value is -2.87. The Morgan fingerprint density at radius 3 is 2.49 bits per heavy atom. The zero-order chi connectivity index (χ0) is 32.4. The van der Waals surface area contributed by atoms with Crippen molar-refractivity contribution < 1.29 is 27.1 Å². The topological polar surface area (TPSA) is 117 Å². The van der Waals surface area contributed by atoms with Gasteiger partial charge >= 0.3 is 0 Å². The van der Waals surface area contributed by atoms with Gasteiger partial charge in [-0.05, 0) is 91.6 Å². The van der Waals surface area contributed by atoms with Crippen molar-refractivity contribution in [1.29, 1.82) is 0 Å². The van der Waals surface area contributed by atoms with Gasteiger partial charge in [-0.2, -0.15) is 0 Å². The number of carbonyl (C=O) groups excluding carboxylic acids is 1. The van der Waals surface area contributed by atoms with Gasteiger partial charge in [0.2, 0.25) is 10.0 Å². The van der Waals surface area contributed by atoms with Crippen molar-refractivity contribution in [2.75, 3.05) is 50.0 Å². The Kier molecular flexibility index (Phi) is 10.3. The highest BCUT2D eigenvalue weighted by Gasteiger charge is 2.46. The van der Waals surface area contributed by atoms with Gasteiger partial charge in [-0.15, -0.1) is 0 Å². The number of aromatic nitrogens is 2. The average molecular weight is 647 g/mol. The number of sulfonamides is 1. The van der Waals surface area contributed by atoms with Crippen LogP contribution >= 0.6 is 0 Å². The van der Waals surface area contributed by atoms with Crippen LogP contribution in [0.15, 0.2) is 30.7 Å². The van der Waals surface area contributed by atoms with Crippen molar-refractivity contribution in [3.05, 3.63) is 42.1 Å². The lowest BCUT2D eigenvalue weighted by atomic mass is 9.72. The van der Waals surface area contributed by atoms with E-state index in [1.807, 2.05) is 27.7 Å². The lowest BCUT2D eigenvalue weighted by Crippen LogP contribution is -2.61. The van der Waals surface area contributed by atoms with Crippen LogP contribution in [0.1, 0.15) is 70.7 Å². The maximum absolute atomic E-state index is 14.3. The first-order valence-corrected chi connectivity index (χ1v) is 17.7. The molecule has 3 fully saturated rings. The minimum absolute atomic E-state index is 0.0653. The lowest BCUT2D eigenvalue weighted by Gasteiger charge is -2.54. The number of benzene rings is 1. The molecule has 13 heteroatoms. The van der Waals surface area contributed by atoms with Crippen LogP contribution in [-0.4, -0.2) is 103 Å². The maximum atomic E-state index is 14.3. The van der Waals surface area contributed by atoms with E-state index < -0.39 is 15.8 Å². The minimum atomic E-state index is -3.22. The summed E-state index contributed by atoms with van der Waals surface area (Å²) in [5.74, 6) is 0.650. The van der Waals surface area contributed by atoms with E-state index in [1.165, 1.54) is 24.5 Å². The van der Waals surface area contributed by atoms with Crippen LogP contribution in [-0.2, 0) is 14.8 Å². The summed E-state index contributed by atoms with van der Waals surface area (Å²) in [6.45, 7) is 14.3. The molecule has 45 heavy (non-hydrogen) atoms. The van der Waals surface area contributed by atoms with Gasteiger partial charge in [0.1, 0.15) is 17.9 Å². The van der Waals surface area contributed by atoms with Gasteiger partial charge in [-0.1, -0.05) is 0 Å². The van der Waals surface area contributed by atoms with Crippen molar-refractivity contribution >= 4 is 21.7 Å². The molecule has 3 aliphatic heterocycles. The van der Waals surface area contributed by atoms with Crippen molar-refractivity contribution in [3.8, 4) is 11.5 Å². The van der Waals surface area contributed by atoms with Gasteiger partial charge < -0.3 is 24.2 Å². The molecule has 3 aliphatic rings. The molecular formula is C32H47FN6O5S. The number of rotatable bonds is 11. The highest BCUT2D eigenvalue weighted by atomic mass is 32.2. The molecule has 1 spiro atoms. The SMILES string of the molecule is CCS(=O)(=O)N[C@@H]1CC[C@@H](CN2CCC3(CC2)CN(c2ncncc2Oc2ccc(F)cc2C(=O)N(C(C)C)C(C)C)C3)OC1. The van der Waals surface area contributed by atoms with E-state index in [1.54, 1.807) is 18.0 Å². The molecule has 3 saturated heterocycles. The smallest absolute Gasteiger partial charge is 0.258 e. The Balaban J connectivity index is 1.17. The molecule has 2 aromatic rings. The molecule has 1 N–H and O–H groups in total. The number of halogens is 1. The molecule has 1 aromatic heterocycles. The second-order valence-electron chi connectivity index (χ2n) is 13.3. The highest BCUT2D eigenvalue weighted by Crippen LogP contribution is 2.45. The molecule has 0 unspecified atom stereocenters. The van der Waals surface area contributed by atoms with Crippen molar-refractivity contribution in [1.82, 2.24) is 24.5 Å². The molecule has 11 nitrogen and oxygen atoms in total. The van der Waals surface area contributed by atoms with Gasteiger partial charge in [0, 0.05) is 43.2 Å². The summed E-state index contributed by atoms with van der Waals surface area (Å²) >= 11 is 0. The van der Waals surface area contributed by atoms with E-state index >= 15 is 0 Å². The second kappa shape index (κ2) is 13.9. The maximum Gasteiger partial charge on any atom is 0.258 e. The number of ether oxygens (including phenoxy) is 2. The number of hydrogen-bond acceptors (Lipinski definition) is 9. The van der Waals surface area contributed by atoms with Crippen LogP contribution in [0.2, 0.25) is 0 Å². The summed E-state index contributed by atoms with van der Waals surface area (Å²) in [5, 5.41) is 0. The molecule has 4 heterocycles. The van der Waals surface area contributed by atoms with Crippen molar-refractivity contribution in [2.45, 2.75) is 84.5 Å². The number of likely N-dealkylation sites (tertiary alicyclic amines) is 1. The van der Waals surface area contributed by atoms with Gasteiger partial charge in [0.15, 0.2) is 11.6 Å². The third-order valence-corrected chi connectivity index (χ3v) is 10.7. The summed E-state index contributed by atoms with van der Waals surface area (Å²) in [7, 11) is -3.22. The molecule has 1 amide bonds. The first kappa shape index (κ1) is 33.5. The fraction of sp³-hybridized carbons (Fsp3) is 0.656. The monoisotopic (exact) mass is 646 g/mol. The van der Waals surface area contributed by atoms with E-state index in [0.29, 0.717) is 18.2 Å². The van der Waals surface area contributed by atoms with E-state index in [0.717, 1.165) is 58.4 Å². The zero-order valence-corrected chi connectivity index (χ0v) is 27.9. The fourth-order valence-corrected chi connectivity index (χ4v) is 7.67. The Bertz CT molecular complexity index is 1430. The third-order valence-electron chi connectivity index (χ3n) is 9.23. The lowest BCUT2D eigenvalue weighted by molar-refractivity contribution is -0.0299. The average Bonchev–Trinajstić information content (AvgIpc) is 2.98. The van der Waals surface area contributed by atoms with E-state index in [2.05, 4.69) is 24.5 Å². The number of carbonyl (C=O) groups is 1. The third kappa shape index (κ3) is 7.93. The van der Waals surface area contributed by atoms with Crippen LogP contribution in [0.25, 0.3) is 0 Å². The predicted octanol–water partition coefficient (Wildman–Crippen LogP) is 4.06. The largest absolute Gasteiger partial charge is 0.451 e. The quantitative estimate of drug-likeness (QED) is 0.386. The number of nitrogens with zero attached hydrogens (tertiary/aromatic N) is 5. The number of hydrogen-bond donors (Lipinski definition) is 1. The standard InChI is InChI=1S/C32H47FN6O5S/c1-6-45(41,42)36-25-8-9-26(43-18-25)17-37-13-11-32(12-14-37)19-38(20-32)30-29(16-34-21-35-30)44-28-10-7-24(33)15-27(28)31(40)39(22(2)3)23(4)5/h7,10,15-16,21-23,25-26,36H,6,8-9,11-14,17-20H2,1-5H3/t25-,26+/m1/s1. The fourth-order valence-electron chi connectivity index (χ4n) is 6.81. The Morgan fingerprint density at radius 2 is 1.87 bits per heavy atom. The summed E-state index contributed by atoms with van der Waals surface area (Å²) < 4.78 is 53.1. The van der Waals surface area contributed by atoms with Crippen LogP contribution in [0.3, 0.4) is 0 Å². The summed E-state index contributed by atoms with van der Waals surface area (Å²) in [6.07, 6.45) is 6.97. The normalized spacial score (nSPS) is 22.1. The summed E-state index contributed by atoms with van der Waals surface area (Å²) in [4.78, 5) is 28.6. The molecule has 0 radical (unpaired) electrons. The van der Waals surface area contributed by atoms with Gasteiger partial charge in [-0.3, -0.25) is 4.79 Å². The molecule has 248 valence electrons. The molecule has 5 rings (SSSR count). The van der Waals surface area contributed by atoms with E-state index in [9.17, 15) is 17.6 Å². The van der Waals surface area contributed by atoms with Crippen LogP contribution < -0.4 is 14.4 Å². The van der Waals surface area contributed by atoms with E-state index in [4.69, 9.17) is 9.47 Å². The first-order chi connectivity index (χ1) is 21.4. The van der Waals surface area contributed by atoms with Gasteiger partial charge in [0.25, 0.3) is 5.91 Å². The van der Waals surface area contributed by atoms with Crippen LogP contribution in [0.5, 0.6) is 11.5 Å². The molecule has 1 aromatic carbocycles. The first-order valence-electron chi connectivity index (χ1n) is 16.1. The van der Waals surface area contributed by atoms with Gasteiger partial charge in [0.05, 0.1) is 30.2 Å². The number of amides is 1. The summed E-state index contributed by atoms with van der Waals surface area (Å²) in [5.41, 5.74) is 0.362. The van der Waals surface area contributed by atoms with Crippen molar-refractivity contribution in [2.24, 2.45) is 5.41 Å². The van der Waals surface area contributed by atoms with E-state index in [-0.39, 0.29) is 52.6 Å². The van der Waals surface area contributed by atoms with Crippen LogP contribution in [0, 0.1) is 11.2 Å². The predicted molar refractivity (Wildman–Crippen MR) is 171 cm³/mol. The zero-order valence-electron chi connectivity index (χ0n) is 27.0. The van der Waals surface area contributed by atoms with Crippen molar-refractivity contribution in [3.63, 3.8) is 0 Å². The minimum Gasteiger partial charge on any atom is -0.451 e. The Morgan fingerprint density at radius 1 is 1.16 bits per heavy atom. The van der Waals surface area contributed by atoms with Gasteiger partial charge in [-0.25, -0.2) is 27.5 Å². The number of piperidine rings is 1. The molecule has 0 saturated carbocycles. The molecule has 2 atom stereocenters. The highest BCUT2D eigenvalue weighted by molar-refractivity contribution is 7.89. The van der Waals surface area contributed by atoms with Crippen LogP contribution in [0.4, 0.5) is 10.2 Å². The second-order valence-corrected chi connectivity index (χ2v) is 15.3. The number of nitrogens with one attached hydrogen (secondary N) is 1. The molecular weight excluding hydrogens is 599 g/mol.